The van der Waals surface area contributed by atoms with Gasteiger partial charge in [-0.25, -0.2) is 0 Å². The standard InChI is InChI=1S/C21H27N3O3S/c1-23(2)11-10-22-20(25)18-15-7-4-5-8-16(15)21(26)24(12-13-27-3)19(18)17-9-6-14-28-17/h4-9,14,18-19H,10-13H2,1-3H3,(H,22,25). The summed E-state index contributed by atoms with van der Waals surface area (Å²) in [6.07, 6.45) is 0. The van der Waals surface area contributed by atoms with Crippen LogP contribution < -0.4 is 5.32 Å². The van der Waals surface area contributed by atoms with Crippen LogP contribution in [-0.2, 0) is 9.53 Å². The van der Waals surface area contributed by atoms with Crippen LogP contribution in [-0.4, -0.2) is 69.1 Å². The van der Waals surface area contributed by atoms with Crippen LogP contribution in [0, 0.1) is 0 Å². The predicted molar refractivity (Wildman–Crippen MR) is 111 cm³/mol. The molecule has 0 spiro atoms. The third-order valence-corrected chi connectivity index (χ3v) is 5.89. The van der Waals surface area contributed by atoms with Gasteiger partial charge in [0, 0.05) is 37.2 Å². The topological polar surface area (TPSA) is 61.9 Å². The maximum Gasteiger partial charge on any atom is 0.254 e. The SMILES string of the molecule is COCCN1C(=O)c2ccccc2C(C(=O)NCCN(C)C)C1c1cccs1. The van der Waals surface area contributed by atoms with Gasteiger partial charge >= 0.3 is 0 Å². The van der Waals surface area contributed by atoms with Crippen molar-refractivity contribution >= 4 is 23.2 Å². The van der Waals surface area contributed by atoms with Crippen molar-refractivity contribution in [2.45, 2.75) is 12.0 Å². The lowest BCUT2D eigenvalue weighted by Gasteiger charge is -2.41. The van der Waals surface area contributed by atoms with Gasteiger partial charge in [0.25, 0.3) is 5.91 Å². The quantitative estimate of drug-likeness (QED) is 0.738. The van der Waals surface area contributed by atoms with E-state index in [2.05, 4.69) is 5.32 Å². The third kappa shape index (κ3) is 4.27. The van der Waals surface area contributed by atoms with Gasteiger partial charge in [0.2, 0.25) is 5.91 Å². The zero-order valence-corrected chi connectivity index (χ0v) is 17.4. The zero-order valence-electron chi connectivity index (χ0n) is 16.6. The molecule has 7 heteroatoms. The minimum absolute atomic E-state index is 0.0524. The molecule has 2 atom stereocenters. The fraction of sp³-hybridized carbons (Fsp3) is 0.429. The number of likely N-dealkylation sites (N-methyl/N-ethyl adjacent to an activating group) is 1. The van der Waals surface area contributed by atoms with E-state index in [9.17, 15) is 9.59 Å². The van der Waals surface area contributed by atoms with E-state index < -0.39 is 5.92 Å². The number of hydrogen-bond donors (Lipinski definition) is 1. The summed E-state index contributed by atoms with van der Waals surface area (Å²) < 4.78 is 5.24. The number of methoxy groups -OCH3 is 1. The fourth-order valence-electron chi connectivity index (χ4n) is 3.60. The first-order chi connectivity index (χ1) is 13.5. The van der Waals surface area contributed by atoms with E-state index in [4.69, 9.17) is 4.74 Å². The zero-order chi connectivity index (χ0) is 20.1. The summed E-state index contributed by atoms with van der Waals surface area (Å²) in [5.41, 5.74) is 1.39. The number of thiophene rings is 1. The number of nitrogens with zero attached hydrogens (tertiary/aromatic N) is 2. The van der Waals surface area contributed by atoms with E-state index in [1.54, 1.807) is 23.3 Å². The molecule has 0 fully saturated rings. The Morgan fingerprint density at radius 3 is 2.71 bits per heavy atom. The molecule has 150 valence electrons. The number of fused-ring (bicyclic) bond motifs is 1. The number of hydrogen-bond acceptors (Lipinski definition) is 5. The summed E-state index contributed by atoms with van der Waals surface area (Å²) >= 11 is 1.57. The van der Waals surface area contributed by atoms with Crippen molar-refractivity contribution in [1.29, 1.82) is 0 Å². The molecule has 1 aromatic carbocycles. The van der Waals surface area contributed by atoms with Crippen molar-refractivity contribution in [2.75, 3.05) is 47.4 Å². The van der Waals surface area contributed by atoms with E-state index in [0.717, 1.165) is 17.0 Å². The summed E-state index contributed by atoms with van der Waals surface area (Å²) in [6, 6.07) is 11.1. The Hall–Kier alpha value is -2.22. The van der Waals surface area contributed by atoms with Gasteiger partial charge in [-0.1, -0.05) is 24.3 Å². The smallest absolute Gasteiger partial charge is 0.254 e. The molecule has 2 amide bonds. The molecule has 2 unspecified atom stereocenters. The van der Waals surface area contributed by atoms with Crippen molar-refractivity contribution in [3.05, 3.63) is 57.8 Å². The molecule has 28 heavy (non-hydrogen) atoms. The molecule has 0 radical (unpaired) electrons. The third-order valence-electron chi connectivity index (χ3n) is 4.95. The summed E-state index contributed by atoms with van der Waals surface area (Å²) in [5, 5.41) is 5.04. The number of rotatable bonds is 8. The Balaban J connectivity index is 2.01. The first-order valence-electron chi connectivity index (χ1n) is 9.39. The van der Waals surface area contributed by atoms with E-state index in [-0.39, 0.29) is 17.9 Å². The fourth-order valence-corrected chi connectivity index (χ4v) is 4.47. The summed E-state index contributed by atoms with van der Waals surface area (Å²) in [6.45, 7) is 2.18. The van der Waals surface area contributed by atoms with Crippen LogP contribution in [0.2, 0.25) is 0 Å². The predicted octanol–water partition coefficient (Wildman–Crippen LogP) is 2.35. The lowest BCUT2D eigenvalue weighted by molar-refractivity contribution is -0.124. The number of benzene rings is 1. The summed E-state index contributed by atoms with van der Waals surface area (Å²) in [5.74, 6) is -0.558. The molecule has 1 aliphatic heterocycles. The van der Waals surface area contributed by atoms with Crippen LogP contribution in [0.25, 0.3) is 0 Å². The molecule has 1 aliphatic rings. The van der Waals surface area contributed by atoms with Crippen molar-refractivity contribution < 1.29 is 14.3 Å². The molecule has 1 N–H and O–H groups in total. The number of carbonyl (C=O) groups is 2. The van der Waals surface area contributed by atoms with E-state index >= 15 is 0 Å². The summed E-state index contributed by atoms with van der Waals surface area (Å²) in [4.78, 5) is 31.3. The van der Waals surface area contributed by atoms with Crippen molar-refractivity contribution in [3.8, 4) is 0 Å². The molecular formula is C21H27N3O3S. The molecule has 3 rings (SSSR count). The Morgan fingerprint density at radius 1 is 1.25 bits per heavy atom. The lowest BCUT2D eigenvalue weighted by Crippen LogP contribution is -2.48. The normalized spacial score (nSPS) is 19.0. The van der Waals surface area contributed by atoms with Gasteiger partial charge in [-0.3, -0.25) is 9.59 Å². The number of amides is 2. The van der Waals surface area contributed by atoms with Crippen molar-refractivity contribution in [3.63, 3.8) is 0 Å². The van der Waals surface area contributed by atoms with Gasteiger partial charge in [-0.15, -0.1) is 11.3 Å². The van der Waals surface area contributed by atoms with E-state index in [1.807, 2.05) is 60.8 Å². The molecule has 6 nitrogen and oxygen atoms in total. The Labute approximate surface area is 170 Å². The van der Waals surface area contributed by atoms with E-state index in [0.29, 0.717) is 25.3 Å². The molecule has 0 aliphatic carbocycles. The van der Waals surface area contributed by atoms with Crippen LogP contribution >= 0.6 is 11.3 Å². The molecule has 0 saturated heterocycles. The average molecular weight is 402 g/mol. The molecule has 1 aromatic heterocycles. The van der Waals surface area contributed by atoms with Crippen LogP contribution in [0.4, 0.5) is 0 Å². The molecule has 0 saturated carbocycles. The Bertz CT molecular complexity index is 807. The first-order valence-corrected chi connectivity index (χ1v) is 10.3. The second-order valence-electron chi connectivity index (χ2n) is 7.11. The highest BCUT2D eigenvalue weighted by atomic mass is 32.1. The maximum absolute atomic E-state index is 13.3. The minimum atomic E-state index is -0.452. The van der Waals surface area contributed by atoms with Crippen LogP contribution in [0.15, 0.2) is 41.8 Å². The monoisotopic (exact) mass is 401 g/mol. The van der Waals surface area contributed by atoms with Gasteiger partial charge in [-0.05, 0) is 37.2 Å². The minimum Gasteiger partial charge on any atom is -0.383 e. The Kier molecular flexibility index (Phi) is 6.83. The maximum atomic E-state index is 13.3. The van der Waals surface area contributed by atoms with E-state index in [1.165, 1.54) is 0 Å². The van der Waals surface area contributed by atoms with Gasteiger partial charge in [-0.2, -0.15) is 0 Å². The van der Waals surface area contributed by atoms with Crippen LogP contribution in [0.3, 0.4) is 0 Å². The molecule has 2 aromatic rings. The van der Waals surface area contributed by atoms with Crippen LogP contribution in [0.1, 0.15) is 32.8 Å². The first kappa shape index (κ1) is 20.5. The molecule has 0 bridgehead atoms. The highest BCUT2D eigenvalue weighted by Gasteiger charge is 2.44. The van der Waals surface area contributed by atoms with Gasteiger partial charge in [0.1, 0.15) is 0 Å². The largest absolute Gasteiger partial charge is 0.383 e. The van der Waals surface area contributed by atoms with Gasteiger partial charge in [0.05, 0.1) is 18.6 Å². The second kappa shape index (κ2) is 9.32. The second-order valence-corrected chi connectivity index (χ2v) is 8.09. The highest BCUT2D eigenvalue weighted by Crippen LogP contribution is 2.44. The van der Waals surface area contributed by atoms with Crippen LogP contribution in [0.5, 0.6) is 0 Å². The van der Waals surface area contributed by atoms with Crippen molar-refractivity contribution in [1.82, 2.24) is 15.1 Å². The highest BCUT2D eigenvalue weighted by molar-refractivity contribution is 7.10. The Morgan fingerprint density at radius 2 is 2.04 bits per heavy atom. The molecule has 2 heterocycles. The summed E-state index contributed by atoms with van der Waals surface area (Å²) in [7, 11) is 5.57. The van der Waals surface area contributed by atoms with Crippen molar-refractivity contribution in [2.24, 2.45) is 0 Å². The van der Waals surface area contributed by atoms with Gasteiger partial charge in [0.15, 0.2) is 0 Å². The average Bonchev–Trinajstić information content (AvgIpc) is 3.21. The number of carbonyl (C=O) groups excluding carboxylic acids is 2. The van der Waals surface area contributed by atoms with Gasteiger partial charge < -0.3 is 19.9 Å². The number of ether oxygens (including phenoxy) is 1. The lowest BCUT2D eigenvalue weighted by atomic mass is 9.81. The number of nitrogens with one attached hydrogen (secondary N) is 1. The molecular weight excluding hydrogens is 374 g/mol.